The van der Waals surface area contributed by atoms with Crippen molar-refractivity contribution < 1.29 is 9.53 Å². The van der Waals surface area contributed by atoms with E-state index in [4.69, 9.17) is 0 Å². The SMILES string of the molecule is COC(=O)c1cnc(Cc2nc(C)cs2)s1. The van der Waals surface area contributed by atoms with Crippen molar-refractivity contribution >= 4 is 28.6 Å². The number of esters is 1. The van der Waals surface area contributed by atoms with Gasteiger partial charge in [-0.3, -0.25) is 0 Å². The van der Waals surface area contributed by atoms with Crippen molar-refractivity contribution in [3.05, 3.63) is 32.2 Å². The van der Waals surface area contributed by atoms with Crippen LogP contribution in [0, 0.1) is 6.92 Å². The number of ether oxygens (including phenoxy) is 1. The van der Waals surface area contributed by atoms with Crippen molar-refractivity contribution in [3.8, 4) is 0 Å². The van der Waals surface area contributed by atoms with Gasteiger partial charge in [0.15, 0.2) is 0 Å². The maximum absolute atomic E-state index is 11.2. The first-order valence-corrected chi connectivity index (χ1v) is 6.32. The number of methoxy groups -OCH3 is 1. The van der Waals surface area contributed by atoms with Crippen LogP contribution in [-0.2, 0) is 11.2 Å². The molecule has 84 valence electrons. The van der Waals surface area contributed by atoms with E-state index in [2.05, 4.69) is 14.7 Å². The molecule has 16 heavy (non-hydrogen) atoms. The molecule has 0 radical (unpaired) electrons. The van der Waals surface area contributed by atoms with E-state index in [1.807, 2.05) is 12.3 Å². The zero-order valence-electron chi connectivity index (χ0n) is 8.89. The third kappa shape index (κ3) is 2.45. The highest BCUT2D eigenvalue weighted by atomic mass is 32.1. The van der Waals surface area contributed by atoms with E-state index in [0.717, 1.165) is 15.7 Å². The Bertz CT molecular complexity index is 504. The molecule has 0 unspecified atom stereocenters. The van der Waals surface area contributed by atoms with Gasteiger partial charge >= 0.3 is 5.97 Å². The maximum Gasteiger partial charge on any atom is 0.349 e. The Morgan fingerprint density at radius 1 is 1.50 bits per heavy atom. The minimum Gasteiger partial charge on any atom is -0.465 e. The molecule has 0 saturated heterocycles. The Balaban J connectivity index is 2.11. The van der Waals surface area contributed by atoms with E-state index in [1.54, 1.807) is 17.5 Å². The highest BCUT2D eigenvalue weighted by molar-refractivity contribution is 7.14. The van der Waals surface area contributed by atoms with Gasteiger partial charge in [0.25, 0.3) is 0 Å². The third-order valence-electron chi connectivity index (χ3n) is 1.91. The predicted molar refractivity (Wildman–Crippen MR) is 63.1 cm³/mol. The van der Waals surface area contributed by atoms with Gasteiger partial charge in [0.2, 0.25) is 0 Å². The minimum absolute atomic E-state index is 0.334. The van der Waals surface area contributed by atoms with Gasteiger partial charge in [0, 0.05) is 11.1 Å². The number of nitrogens with zero attached hydrogens (tertiary/aromatic N) is 2. The second-order valence-electron chi connectivity index (χ2n) is 3.17. The number of hydrogen-bond donors (Lipinski definition) is 0. The van der Waals surface area contributed by atoms with Gasteiger partial charge in [-0.1, -0.05) is 0 Å². The molecule has 0 aliphatic carbocycles. The molecular weight excluding hydrogens is 244 g/mol. The first-order valence-electron chi connectivity index (χ1n) is 4.63. The summed E-state index contributed by atoms with van der Waals surface area (Å²) in [6.45, 7) is 1.96. The molecule has 0 N–H and O–H groups in total. The topological polar surface area (TPSA) is 52.1 Å². The smallest absolute Gasteiger partial charge is 0.349 e. The molecular formula is C10H10N2O2S2. The van der Waals surface area contributed by atoms with E-state index in [-0.39, 0.29) is 5.97 Å². The number of aryl methyl sites for hydroxylation is 1. The highest BCUT2D eigenvalue weighted by Gasteiger charge is 2.11. The Kier molecular flexibility index (Phi) is 3.31. The van der Waals surface area contributed by atoms with Crippen molar-refractivity contribution in [3.63, 3.8) is 0 Å². The molecule has 0 atom stereocenters. The molecule has 0 aliphatic heterocycles. The maximum atomic E-state index is 11.2. The fourth-order valence-corrected chi connectivity index (χ4v) is 2.91. The lowest BCUT2D eigenvalue weighted by atomic mass is 10.4. The number of rotatable bonds is 3. The molecule has 0 aromatic carbocycles. The van der Waals surface area contributed by atoms with Gasteiger partial charge in [-0.2, -0.15) is 0 Å². The van der Waals surface area contributed by atoms with Crippen LogP contribution < -0.4 is 0 Å². The molecule has 2 aromatic rings. The van der Waals surface area contributed by atoms with Gasteiger partial charge < -0.3 is 4.74 Å². The molecule has 4 nitrogen and oxygen atoms in total. The van der Waals surface area contributed by atoms with Crippen LogP contribution >= 0.6 is 22.7 Å². The Hall–Kier alpha value is -1.27. The van der Waals surface area contributed by atoms with Crippen molar-refractivity contribution in [2.45, 2.75) is 13.3 Å². The van der Waals surface area contributed by atoms with Crippen molar-refractivity contribution in [2.75, 3.05) is 7.11 Å². The molecule has 0 aliphatic rings. The average Bonchev–Trinajstić information content (AvgIpc) is 2.87. The van der Waals surface area contributed by atoms with E-state index in [0.29, 0.717) is 11.3 Å². The fraction of sp³-hybridized carbons (Fsp3) is 0.300. The van der Waals surface area contributed by atoms with Crippen LogP contribution in [0.1, 0.15) is 25.4 Å². The van der Waals surface area contributed by atoms with Crippen LogP contribution in [0.4, 0.5) is 0 Å². The van der Waals surface area contributed by atoms with E-state index in [9.17, 15) is 4.79 Å². The first kappa shape index (κ1) is 11.2. The van der Waals surface area contributed by atoms with Crippen LogP contribution in [0.5, 0.6) is 0 Å². The Morgan fingerprint density at radius 3 is 2.94 bits per heavy atom. The summed E-state index contributed by atoms with van der Waals surface area (Å²) in [7, 11) is 1.37. The van der Waals surface area contributed by atoms with E-state index >= 15 is 0 Å². The van der Waals surface area contributed by atoms with Crippen LogP contribution in [0.2, 0.25) is 0 Å². The zero-order chi connectivity index (χ0) is 11.5. The summed E-state index contributed by atoms with van der Waals surface area (Å²) < 4.78 is 4.62. The number of hydrogen-bond acceptors (Lipinski definition) is 6. The van der Waals surface area contributed by atoms with E-state index in [1.165, 1.54) is 18.4 Å². The first-order chi connectivity index (χ1) is 7.69. The molecule has 0 bridgehead atoms. The van der Waals surface area contributed by atoms with Crippen LogP contribution in [0.15, 0.2) is 11.6 Å². The van der Waals surface area contributed by atoms with Crippen LogP contribution in [0.25, 0.3) is 0 Å². The number of aromatic nitrogens is 2. The summed E-state index contributed by atoms with van der Waals surface area (Å²) in [4.78, 5) is 20.3. The number of thiazole rings is 2. The molecule has 2 aromatic heterocycles. The lowest BCUT2D eigenvalue weighted by Gasteiger charge is -1.91. The Labute approximate surface area is 101 Å². The molecule has 0 amide bonds. The quantitative estimate of drug-likeness (QED) is 0.789. The second-order valence-corrected chi connectivity index (χ2v) is 5.23. The molecule has 0 spiro atoms. The average molecular weight is 254 g/mol. The lowest BCUT2D eigenvalue weighted by molar-refractivity contribution is 0.0606. The molecule has 0 saturated carbocycles. The second kappa shape index (κ2) is 4.71. The number of carbonyl (C=O) groups excluding carboxylic acids is 1. The van der Waals surface area contributed by atoms with Gasteiger partial charge in [0.1, 0.15) is 9.88 Å². The van der Waals surface area contributed by atoms with Crippen molar-refractivity contribution in [1.82, 2.24) is 9.97 Å². The van der Waals surface area contributed by atoms with Gasteiger partial charge in [0.05, 0.1) is 24.7 Å². The summed E-state index contributed by atoms with van der Waals surface area (Å²) in [5.74, 6) is -0.334. The molecule has 2 rings (SSSR count). The summed E-state index contributed by atoms with van der Waals surface area (Å²) >= 11 is 2.96. The summed E-state index contributed by atoms with van der Waals surface area (Å²) in [6, 6.07) is 0. The van der Waals surface area contributed by atoms with Gasteiger partial charge in [-0.05, 0) is 6.92 Å². The van der Waals surface area contributed by atoms with Crippen molar-refractivity contribution in [2.24, 2.45) is 0 Å². The van der Waals surface area contributed by atoms with Crippen molar-refractivity contribution in [1.29, 1.82) is 0 Å². The monoisotopic (exact) mass is 254 g/mol. The van der Waals surface area contributed by atoms with Gasteiger partial charge in [-0.15, -0.1) is 22.7 Å². The lowest BCUT2D eigenvalue weighted by Crippen LogP contribution is -1.96. The molecule has 2 heterocycles. The zero-order valence-corrected chi connectivity index (χ0v) is 10.5. The summed E-state index contributed by atoms with van der Waals surface area (Å²) in [6.07, 6.45) is 2.23. The normalized spacial score (nSPS) is 10.4. The third-order valence-corrected chi connectivity index (χ3v) is 3.85. The Morgan fingerprint density at radius 2 is 2.31 bits per heavy atom. The van der Waals surface area contributed by atoms with Gasteiger partial charge in [-0.25, -0.2) is 14.8 Å². The number of carbonyl (C=O) groups is 1. The highest BCUT2D eigenvalue weighted by Crippen LogP contribution is 2.19. The summed E-state index contributed by atoms with van der Waals surface area (Å²) in [5.41, 5.74) is 1.02. The van der Waals surface area contributed by atoms with Crippen LogP contribution in [0.3, 0.4) is 0 Å². The largest absolute Gasteiger partial charge is 0.465 e. The van der Waals surface area contributed by atoms with Crippen LogP contribution in [-0.4, -0.2) is 23.0 Å². The standard InChI is InChI=1S/C10H10N2O2S2/c1-6-5-15-9(12-6)3-8-11-4-7(16-8)10(13)14-2/h4-5H,3H2,1-2H3. The summed E-state index contributed by atoms with van der Waals surface area (Å²) in [5, 5.41) is 3.91. The fourth-order valence-electron chi connectivity index (χ4n) is 1.20. The predicted octanol–water partition coefficient (Wildman–Crippen LogP) is 2.29. The molecule has 6 heteroatoms. The minimum atomic E-state index is -0.334. The van der Waals surface area contributed by atoms with E-state index < -0.39 is 0 Å². The molecule has 0 fully saturated rings.